The van der Waals surface area contributed by atoms with Crippen molar-refractivity contribution < 1.29 is 9.47 Å². The molecule has 3 nitrogen and oxygen atoms in total. The molecule has 5 heteroatoms. The zero-order chi connectivity index (χ0) is 19.2. The number of ether oxygens (including phenoxy) is 2. The van der Waals surface area contributed by atoms with Crippen molar-refractivity contribution >= 4 is 53.6 Å². The Bertz CT molecular complexity index is 1320. The summed E-state index contributed by atoms with van der Waals surface area (Å²) in [5.41, 5.74) is 3.39. The molecular formula is C24H14NO2SSb. The van der Waals surface area contributed by atoms with Gasteiger partial charge in [-0.25, -0.2) is 0 Å². The first-order valence-corrected chi connectivity index (χ1v) is 16.8. The summed E-state index contributed by atoms with van der Waals surface area (Å²) in [5.74, 6) is 3.52. The Morgan fingerprint density at radius 2 is 1.03 bits per heavy atom. The number of anilines is 3. The molecule has 4 aromatic carbocycles. The predicted molar refractivity (Wildman–Crippen MR) is 120 cm³/mol. The van der Waals surface area contributed by atoms with Gasteiger partial charge in [-0.2, -0.15) is 0 Å². The van der Waals surface area contributed by atoms with Crippen molar-refractivity contribution in [3.05, 3.63) is 84.9 Å². The van der Waals surface area contributed by atoms with E-state index in [1.54, 1.807) is 0 Å². The Balaban J connectivity index is 1.68. The Morgan fingerprint density at radius 1 is 0.552 bits per heavy atom. The first kappa shape index (κ1) is 16.2. The molecule has 3 aliphatic heterocycles. The van der Waals surface area contributed by atoms with Gasteiger partial charge in [0.1, 0.15) is 0 Å². The van der Waals surface area contributed by atoms with E-state index in [1.807, 2.05) is 24.3 Å². The Morgan fingerprint density at radius 3 is 1.59 bits per heavy atom. The molecule has 0 radical (unpaired) electrons. The van der Waals surface area contributed by atoms with Gasteiger partial charge in [0, 0.05) is 0 Å². The van der Waals surface area contributed by atoms with Gasteiger partial charge >= 0.3 is 176 Å². The quantitative estimate of drug-likeness (QED) is 0.300. The van der Waals surface area contributed by atoms with E-state index < -0.39 is 16.8 Å². The van der Waals surface area contributed by atoms with Crippen LogP contribution in [-0.4, -0.2) is 16.8 Å². The van der Waals surface area contributed by atoms with Crippen molar-refractivity contribution in [1.29, 1.82) is 0 Å². The third-order valence-electron chi connectivity index (χ3n) is 5.80. The molecule has 7 rings (SSSR count). The van der Waals surface area contributed by atoms with Gasteiger partial charge in [-0.05, 0) is 0 Å². The van der Waals surface area contributed by atoms with Crippen LogP contribution >= 0.6 is 9.19 Å². The Kier molecular flexibility index (Phi) is 3.05. The van der Waals surface area contributed by atoms with E-state index in [4.69, 9.17) is 18.7 Å². The second-order valence-electron chi connectivity index (χ2n) is 7.34. The molecule has 0 unspecified atom stereocenters. The first-order valence-electron chi connectivity index (χ1n) is 9.48. The maximum absolute atomic E-state index is 6.70. The molecule has 4 aromatic rings. The number of hydrogen-bond donors (Lipinski definition) is 0. The van der Waals surface area contributed by atoms with Crippen molar-refractivity contribution in [2.45, 2.75) is 0 Å². The van der Waals surface area contributed by atoms with E-state index in [1.165, 1.54) is 7.02 Å². The summed E-state index contributed by atoms with van der Waals surface area (Å²) in [6.07, 6.45) is 0. The minimum absolute atomic E-state index is 0.863. The zero-order valence-electron chi connectivity index (χ0n) is 15.2. The van der Waals surface area contributed by atoms with Crippen molar-refractivity contribution in [2.75, 3.05) is 4.90 Å². The molecule has 3 heterocycles. The second-order valence-corrected chi connectivity index (χ2v) is 18.3. The minimum atomic E-state index is -3.55. The van der Waals surface area contributed by atoms with Crippen molar-refractivity contribution in [1.82, 2.24) is 0 Å². The second kappa shape index (κ2) is 5.47. The van der Waals surface area contributed by atoms with Crippen LogP contribution in [0.25, 0.3) is 0 Å². The van der Waals surface area contributed by atoms with Crippen molar-refractivity contribution in [3.8, 4) is 23.0 Å². The van der Waals surface area contributed by atoms with E-state index in [0.29, 0.717) is 0 Å². The summed E-state index contributed by atoms with van der Waals surface area (Å²) in [4.78, 5) is 2.31. The van der Waals surface area contributed by atoms with Crippen LogP contribution in [0.5, 0.6) is 23.0 Å². The summed E-state index contributed by atoms with van der Waals surface area (Å²) in [6.45, 7) is 0. The molecule has 0 aromatic heterocycles. The van der Waals surface area contributed by atoms with Crippen LogP contribution in [0.2, 0.25) is 0 Å². The summed E-state index contributed by atoms with van der Waals surface area (Å²) in [5, 5.41) is 0. The zero-order valence-corrected chi connectivity index (χ0v) is 18.6. The average Bonchev–Trinajstić information content (AvgIpc) is 2.74. The van der Waals surface area contributed by atoms with E-state index in [-0.39, 0.29) is 0 Å². The SMILES string of the molecule is [S]=[Sb]12[c]3c4cccc3Oc3cccc([c]31)N(c1ccccc1)c1cccc([c]12)O4. The summed E-state index contributed by atoms with van der Waals surface area (Å²) in [7, 11) is 6.70. The molecule has 0 amide bonds. The molecular weight excluding hydrogens is 488 g/mol. The van der Waals surface area contributed by atoms with Crippen LogP contribution in [0.4, 0.5) is 17.1 Å². The summed E-state index contributed by atoms with van der Waals surface area (Å²) >= 11 is -3.55. The van der Waals surface area contributed by atoms with E-state index in [2.05, 4.69) is 65.6 Å². The molecule has 0 saturated carbocycles. The van der Waals surface area contributed by atoms with E-state index >= 15 is 0 Å². The molecule has 0 bridgehead atoms. The molecule has 0 aliphatic carbocycles. The predicted octanol–water partition coefficient (Wildman–Crippen LogP) is 4.85. The van der Waals surface area contributed by atoms with Gasteiger partial charge in [-0.3, -0.25) is 0 Å². The van der Waals surface area contributed by atoms with Gasteiger partial charge in [-0.15, -0.1) is 0 Å². The summed E-state index contributed by atoms with van der Waals surface area (Å²) < 4.78 is 16.3. The molecule has 138 valence electrons. The fourth-order valence-corrected chi connectivity index (χ4v) is 18.1. The van der Waals surface area contributed by atoms with Crippen LogP contribution < -0.4 is 24.9 Å². The normalized spacial score (nSPS) is 15.8. The van der Waals surface area contributed by atoms with Gasteiger partial charge < -0.3 is 0 Å². The molecule has 29 heavy (non-hydrogen) atoms. The number of para-hydroxylation sites is 1. The standard InChI is InChI=1S/C24H14NO2.S.Sb/c1-2-7-18(8-3-1)25-19-9-4-11-21(15-19)26-23-13-6-14-24(17-23)27-22-12-5-10-20(25)16-22;;/h1-14H;;. The number of nitrogens with zero attached hydrogens (tertiary/aromatic N) is 1. The fraction of sp³-hybridized carbons (Fsp3) is 0. The van der Waals surface area contributed by atoms with Crippen LogP contribution in [0.1, 0.15) is 0 Å². The average molecular weight is 502 g/mol. The molecule has 0 spiro atoms. The Labute approximate surface area is 175 Å². The monoisotopic (exact) mass is 501 g/mol. The van der Waals surface area contributed by atoms with Crippen LogP contribution in [0.15, 0.2) is 84.9 Å². The third kappa shape index (κ3) is 1.89. The molecule has 0 fully saturated rings. The topological polar surface area (TPSA) is 21.7 Å². The van der Waals surface area contributed by atoms with Gasteiger partial charge in [0.25, 0.3) is 0 Å². The molecule has 3 aliphatic rings. The fourth-order valence-electron chi connectivity index (χ4n) is 4.71. The van der Waals surface area contributed by atoms with Gasteiger partial charge in [0.05, 0.1) is 0 Å². The number of hydrogen-bond acceptors (Lipinski definition) is 4. The van der Waals surface area contributed by atoms with Gasteiger partial charge in [0.15, 0.2) is 0 Å². The number of benzene rings is 4. The van der Waals surface area contributed by atoms with Crippen molar-refractivity contribution in [2.24, 2.45) is 0 Å². The van der Waals surface area contributed by atoms with E-state index in [0.717, 1.165) is 43.6 Å². The van der Waals surface area contributed by atoms with Gasteiger partial charge in [0.2, 0.25) is 0 Å². The first-order chi connectivity index (χ1) is 14.3. The van der Waals surface area contributed by atoms with Crippen LogP contribution in [0.3, 0.4) is 0 Å². The third-order valence-corrected chi connectivity index (χ3v) is 18.7. The summed E-state index contributed by atoms with van der Waals surface area (Å²) in [6, 6.07) is 29.1. The van der Waals surface area contributed by atoms with Gasteiger partial charge in [-0.1, -0.05) is 0 Å². The van der Waals surface area contributed by atoms with E-state index in [9.17, 15) is 0 Å². The van der Waals surface area contributed by atoms with Crippen molar-refractivity contribution in [3.63, 3.8) is 0 Å². The van der Waals surface area contributed by atoms with Crippen LogP contribution in [0, 0.1) is 0 Å². The Hall–Kier alpha value is -2.68. The number of rotatable bonds is 1. The van der Waals surface area contributed by atoms with Crippen LogP contribution in [-0.2, 0) is 0 Å². The molecule has 0 atom stereocenters. The molecule has 0 saturated heterocycles. The molecule has 0 N–H and O–H groups in total. The maximum atomic E-state index is 6.70.